The number of nitriles is 1. The fraction of sp³-hybridized carbons (Fsp3) is 0.353. The average Bonchev–Trinajstić information content (AvgIpc) is 3.05. The van der Waals surface area contributed by atoms with Gasteiger partial charge in [-0.1, -0.05) is 37.1 Å². The van der Waals surface area contributed by atoms with Gasteiger partial charge in [0.05, 0.1) is 6.07 Å². The molecule has 0 radical (unpaired) electrons. The number of carbonyl (C=O) groups excluding carboxylic acids is 1. The number of benzene rings is 1. The van der Waals surface area contributed by atoms with Crippen molar-refractivity contribution in [3.05, 3.63) is 42.2 Å². The van der Waals surface area contributed by atoms with E-state index in [-0.39, 0.29) is 18.5 Å². The number of carbonyl (C=O) groups is 1. The Morgan fingerprint density at radius 1 is 1.29 bits per heavy atom. The summed E-state index contributed by atoms with van der Waals surface area (Å²) >= 11 is 0. The van der Waals surface area contributed by atoms with E-state index >= 15 is 0 Å². The van der Waals surface area contributed by atoms with E-state index in [1.165, 1.54) is 0 Å². The van der Waals surface area contributed by atoms with Gasteiger partial charge in [0.2, 0.25) is 0 Å². The molecule has 1 aliphatic carbocycles. The van der Waals surface area contributed by atoms with Gasteiger partial charge in [0.15, 0.2) is 0 Å². The predicted octanol–water partition coefficient (Wildman–Crippen LogP) is 3.14. The molecule has 2 aromatic rings. The lowest BCUT2D eigenvalue weighted by Crippen LogP contribution is -2.39. The summed E-state index contributed by atoms with van der Waals surface area (Å²) in [5.41, 5.74) is 0.454. The third kappa shape index (κ3) is 2.59. The lowest BCUT2D eigenvalue weighted by molar-refractivity contribution is 0.0705. The molecule has 0 unspecified atom stereocenters. The minimum atomic E-state index is -0.125. The highest BCUT2D eigenvalue weighted by atomic mass is 16.2. The molecule has 3 rings (SSSR count). The molecular formula is C17H17N3O. The Morgan fingerprint density at radius 2 is 2.05 bits per heavy atom. The van der Waals surface area contributed by atoms with Crippen LogP contribution >= 0.6 is 0 Å². The number of hydrogen-bond donors (Lipinski definition) is 0. The summed E-state index contributed by atoms with van der Waals surface area (Å²) in [6.07, 6.45) is 5.89. The van der Waals surface area contributed by atoms with Gasteiger partial charge in [-0.3, -0.25) is 9.78 Å². The van der Waals surface area contributed by atoms with Crippen LogP contribution in [0.5, 0.6) is 0 Å². The van der Waals surface area contributed by atoms with E-state index in [9.17, 15) is 4.79 Å². The summed E-state index contributed by atoms with van der Waals surface area (Å²) in [6.45, 7) is 0.133. The topological polar surface area (TPSA) is 57.0 Å². The first-order valence-electron chi connectivity index (χ1n) is 7.33. The summed E-state index contributed by atoms with van der Waals surface area (Å²) in [4.78, 5) is 18.8. The molecule has 106 valence electrons. The van der Waals surface area contributed by atoms with Crippen molar-refractivity contribution in [1.82, 2.24) is 9.88 Å². The van der Waals surface area contributed by atoms with E-state index in [0.717, 1.165) is 36.5 Å². The van der Waals surface area contributed by atoms with Crippen molar-refractivity contribution < 1.29 is 4.79 Å². The predicted molar refractivity (Wildman–Crippen MR) is 80.6 cm³/mol. The van der Waals surface area contributed by atoms with Crippen molar-refractivity contribution in [2.45, 2.75) is 31.7 Å². The van der Waals surface area contributed by atoms with Crippen LogP contribution in [0.25, 0.3) is 10.8 Å². The molecule has 21 heavy (non-hydrogen) atoms. The molecule has 0 N–H and O–H groups in total. The zero-order valence-electron chi connectivity index (χ0n) is 11.8. The van der Waals surface area contributed by atoms with E-state index < -0.39 is 0 Å². The maximum atomic E-state index is 12.8. The van der Waals surface area contributed by atoms with Crippen LogP contribution in [0.2, 0.25) is 0 Å². The lowest BCUT2D eigenvalue weighted by Gasteiger charge is -2.26. The number of fused-ring (bicyclic) bond motifs is 1. The van der Waals surface area contributed by atoms with Crippen molar-refractivity contribution >= 4 is 16.7 Å². The summed E-state index contributed by atoms with van der Waals surface area (Å²) in [7, 11) is 0. The normalized spacial score (nSPS) is 15.0. The van der Waals surface area contributed by atoms with Crippen LogP contribution in [-0.2, 0) is 0 Å². The second-order valence-corrected chi connectivity index (χ2v) is 5.41. The fourth-order valence-electron chi connectivity index (χ4n) is 3.08. The summed E-state index contributed by atoms with van der Waals surface area (Å²) in [6, 6.07) is 11.9. The van der Waals surface area contributed by atoms with Crippen molar-refractivity contribution in [2.75, 3.05) is 6.54 Å². The van der Waals surface area contributed by atoms with Crippen LogP contribution < -0.4 is 0 Å². The van der Waals surface area contributed by atoms with Gasteiger partial charge in [0.1, 0.15) is 12.2 Å². The maximum Gasteiger partial charge on any atom is 0.274 e. The number of nitrogens with zero attached hydrogens (tertiary/aromatic N) is 3. The molecule has 1 aromatic heterocycles. The SMILES string of the molecule is N#CCN(C(=O)c1nccc2ccccc12)C1CCCC1. The zero-order valence-corrected chi connectivity index (χ0v) is 11.8. The van der Waals surface area contributed by atoms with E-state index in [2.05, 4.69) is 11.1 Å². The largest absolute Gasteiger partial charge is 0.321 e. The molecule has 0 aliphatic heterocycles. The highest BCUT2D eigenvalue weighted by molar-refractivity contribution is 6.05. The van der Waals surface area contributed by atoms with Crippen molar-refractivity contribution in [3.63, 3.8) is 0 Å². The molecule has 4 heteroatoms. The smallest absolute Gasteiger partial charge is 0.274 e. The molecule has 1 saturated carbocycles. The zero-order chi connectivity index (χ0) is 14.7. The summed E-state index contributed by atoms with van der Waals surface area (Å²) < 4.78 is 0. The molecule has 1 heterocycles. The van der Waals surface area contributed by atoms with E-state index in [0.29, 0.717) is 5.69 Å². The highest BCUT2D eigenvalue weighted by Gasteiger charge is 2.28. The minimum absolute atomic E-state index is 0.125. The lowest BCUT2D eigenvalue weighted by atomic mass is 10.1. The first kappa shape index (κ1) is 13.6. The summed E-state index contributed by atoms with van der Waals surface area (Å²) in [5, 5.41) is 10.9. The van der Waals surface area contributed by atoms with Crippen molar-refractivity contribution in [3.8, 4) is 6.07 Å². The number of amides is 1. The number of aromatic nitrogens is 1. The number of hydrogen-bond acceptors (Lipinski definition) is 3. The first-order chi connectivity index (χ1) is 10.3. The Hall–Kier alpha value is -2.41. The molecule has 0 bridgehead atoms. The van der Waals surface area contributed by atoms with E-state index in [1.807, 2.05) is 30.3 Å². The third-order valence-corrected chi connectivity index (χ3v) is 4.14. The highest BCUT2D eigenvalue weighted by Crippen LogP contribution is 2.26. The van der Waals surface area contributed by atoms with Crippen LogP contribution in [0.3, 0.4) is 0 Å². The number of rotatable bonds is 3. The first-order valence-corrected chi connectivity index (χ1v) is 7.33. The second-order valence-electron chi connectivity index (χ2n) is 5.41. The van der Waals surface area contributed by atoms with Gasteiger partial charge >= 0.3 is 0 Å². The molecule has 0 saturated heterocycles. The van der Waals surface area contributed by atoms with Gasteiger partial charge in [0.25, 0.3) is 5.91 Å². The molecule has 0 spiro atoms. The van der Waals surface area contributed by atoms with Gasteiger partial charge in [-0.15, -0.1) is 0 Å². The molecule has 1 amide bonds. The Morgan fingerprint density at radius 3 is 2.81 bits per heavy atom. The van der Waals surface area contributed by atoms with Crippen LogP contribution in [0, 0.1) is 11.3 Å². The molecule has 1 aliphatic rings. The van der Waals surface area contributed by atoms with Gasteiger partial charge < -0.3 is 4.90 Å². The molecule has 1 aromatic carbocycles. The van der Waals surface area contributed by atoms with Gasteiger partial charge in [-0.2, -0.15) is 5.26 Å². The third-order valence-electron chi connectivity index (χ3n) is 4.14. The Bertz CT molecular complexity index is 693. The molecule has 1 fully saturated rings. The molecule has 4 nitrogen and oxygen atoms in total. The Balaban J connectivity index is 1.99. The van der Waals surface area contributed by atoms with Gasteiger partial charge in [0, 0.05) is 17.6 Å². The Kier molecular flexibility index (Phi) is 3.83. The maximum absolute atomic E-state index is 12.8. The molecular weight excluding hydrogens is 262 g/mol. The Labute approximate surface area is 124 Å². The van der Waals surface area contributed by atoms with Crippen LogP contribution in [0.15, 0.2) is 36.5 Å². The standard InChI is InChI=1S/C17H17N3O/c18-10-12-20(14-6-2-3-7-14)17(21)16-15-8-4-1-5-13(15)9-11-19-16/h1,4-5,8-9,11,14H,2-3,6-7,12H2. The van der Waals surface area contributed by atoms with Crippen molar-refractivity contribution in [1.29, 1.82) is 5.26 Å². The van der Waals surface area contributed by atoms with Crippen LogP contribution in [-0.4, -0.2) is 28.4 Å². The number of pyridine rings is 1. The van der Waals surface area contributed by atoms with Crippen LogP contribution in [0.1, 0.15) is 36.2 Å². The van der Waals surface area contributed by atoms with Crippen molar-refractivity contribution in [2.24, 2.45) is 0 Å². The van der Waals surface area contributed by atoms with Crippen LogP contribution in [0.4, 0.5) is 0 Å². The summed E-state index contributed by atoms with van der Waals surface area (Å²) in [5.74, 6) is -0.125. The average molecular weight is 279 g/mol. The second kappa shape index (κ2) is 5.92. The van der Waals surface area contributed by atoms with E-state index in [4.69, 9.17) is 5.26 Å². The fourth-order valence-corrected chi connectivity index (χ4v) is 3.08. The quantitative estimate of drug-likeness (QED) is 0.811. The van der Waals surface area contributed by atoms with Gasteiger partial charge in [-0.25, -0.2) is 0 Å². The minimum Gasteiger partial charge on any atom is -0.321 e. The monoisotopic (exact) mass is 279 g/mol. The van der Waals surface area contributed by atoms with Gasteiger partial charge in [-0.05, 0) is 24.3 Å². The van der Waals surface area contributed by atoms with E-state index in [1.54, 1.807) is 11.1 Å². The molecule has 0 atom stereocenters.